The Kier molecular flexibility index (Phi) is 2.69. The van der Waals surface area contributed by atoms with Gasteiger partial charge in [-0.1, -0.05) is 133 Å². The zero-order valence-electron chi connectivity index (χ0n) is 31.9. The van der Waals surface area contributed by atoms with Gasteiger partial charge in [0, 0.05) is 0 Å². The van der Waals surface area contributed by atoms with E-state index in [0.717, 1.165) is 16.5 Å². The molecule has 0 fully saturated rings. The fourth-order valence-corrected chi connectivity index (χ4v) is 4.83. The Balaban J connectivity index is 1.88. The summed E-state index contributed by atoms with van der Waals surface area (Å²) in [6, 6.07) is 12.4. The zero-order chi connectivity index (χ0) is 35.2. The van der Waals surface area contributed by atoms with Gasteiger partial charge in [0.15, 0.2) is 0 Å². The van der Waals surface area contributed by atoms with E-state index in [9.17, 15) is 2.74 Å². The highest BCUT2D eigenvalue weighted by atomic mass is 14.2. The third kappa shape index (κ3) is 3.31. The molecule has 0 N–H and O–H groups in total. The van der Waals surface area contributed by atoms with Crippen LogP contribution in [0, 0.1) is 0 Å². The standard InChI is InChI=1S/C36H24/c1-3-13-25(14-4-1)28-23-27-17-7-8-18-29(27)34(24-28)36-32-21-11-9-19-30(32)35(26-15-5-2-6-16-26)31-20-10-12-22-33(31)36/h1-24H/i2D,5D,6D,9D,10D,11D,12D,15D,16D,19D,20D,21D,22D. The van der Waals surface area contributed by atoms with Crippen LogP contribution in [0.1, 0.15) is 17.8 Å². The number of benzene rings is 7. The van der Waals surface area contributed by atoms with Gasteiger partial charge in [-0.05, 0) is 77.8 Å². The van der Waals surface area contributed by atoms with E-state index in [0.29, 0.717) is 10.9 Å². The average Bonchev–Trinajstić information content (AvgIpc) is 3.12. The first-order valence-electron chi connectivity index (χ1n) is 17.9. The Morgan fingerprint density at radius 3 is 1.61 bits per heavy atom. The minimum absolute atomic E-state index is 0.106. The van der Waals surface area contributed by atoms with Crippen molar-refractivity contribution in [3.05, 3.63) is 145 Å². The number of hydrogen-bond donors (Lipinski definition) is 0. The third-order valence-corrected chi connectivity index (χ3v) is 6.36. The highest BCUT2D eigenvalue weighted by Crippen LogP contribution is 2.46. The van der Waals surface area contributed by atoms with Crippen molar-refractivity contribution in [2.75, 3.05) is 0 Å². The molecule has 0 aromatic heterocycles. The molecule has 0 saturated heterocycles. The quantitative estimate of drug-likeness (QED) is 0.226. The van der Waals surface area contributed by atoms with E-state index < -0.39 is 84.1 Å². The molecule has 0 amide bonds. The van der Waals surface area contributed by atoms with Crippen molar-refractivity contribution in [2.24, 2.45) is 0 Å². The first kappa shape index (κ1) is 11.4. The number of fused-ring (bicyclic) bond motifs is 3. The Hall–Kier alpha value is -4.68. The third-order valence-electron chi connectivity index (χ3n) is 6.36. The van der Waals surface area contributed by atoms with E-state index in [1.165, 1.54) is 0 Å². The van der Waals surface area contributed by atoms with Gasteiger partial charge in [-0.15, -0.1) is 0 Å². The highest BCUT2D eigenvalue weighted by molar-refractivity contribution is 6.23. The second-order valence-electron chi connectivity index (χ2n) is 8.36. The predicted molar refractivity (Wildman–Crippen MR) is 155 cm³/mol. The fourth-order valence-electron chi connectivity index (χ4n) is 4.83. The van der Waals surface area contributed by atoms with Gasteiger partial charge in [-0.25, -0.2) is 0 Å². The maximum absolute atomic E-state index is 9.24. The van der Waals surface area contributed by atoms with Crippen molar-refractivity contribution in [1.29, 1.82) is 0 Å². The molecule has 0 bridgehead atoms. The molecule has 0 spiro atoms. The van der Waals surface area contributed by atoms with E-state index in [-0.39, 0.29) is 32.7 Å². The van der Waals surface area contributed by atoms with Gasteiger partial charge in [0.1, 0.15) is 0 Å². The average molecular weight is 470 g/mol. The van der Waals surface area contributed by atoms with Crippen LogP contribution in [0.5, 0.6) is 0 Å². The summed E-state index contributed by atoms with van der Waals surface area (Å²) >= 11 is 0. The molecule has 0 heteroatoms. The van der Waals surface area contributed by atoms with Crippen LogP contribution in [-0.2, 0) is 0 Å². The lowest BCUT2D eigenvalue weighted by atomic mass is 9.84. The van der Waals surface area contributed by atoms with E-state index in [1.54, 1.807) is 6.07 Å². The summed E-state index contributed by atoms with van der Waals surface area (Å²) in [5, 5.41) is 0.718. The van der Waals surface area contributed by atoms with Gasteiger partial charge >= 0.3 is 0 Å². The molecule has 0 aliphatic carbocycles. The summed E-state index contributed by atoms with van der Waals surface area (Å²) in [6.07, 6.45) is 0. The normalized spacial score (nSPS) is 16.4. The van der Waals surface area contributed by atoms with Crippen LogP contribution >= 0.6 is 0 Å². The molecule has 7 rings (SSSR count). The molecule has 0 unspecified atom stereocenters. The fraction of sp³-hybridized carbons (Fsp3) is 0. The Bertz CT molecular complexity index is 2470. The molecule has 0 heterocycles. The Labute approximate surface area is 229 Å². The van der Waals surface area contributed by atoms with E-state index in [2.05, 4.69) is 0 Å². The lowest BCUT2D eigenvalue weighted by Crippen LogP contribution is -1.92. The maximum Gasteiger partial charge on any atom is 0.0629 e. The monoisotopic (exact) mass is 469 g/mol. The minimum Gasteiger partial charge on any atom is -0.0622 e. The Morgan fingerprint density at radius 1 is 0.389 bits per heavy atom. The first-order chi connectivity index (χ1) is 23.3. The lowest BCUT2D eigenvalue weighted by molar-refractivity contribution is 1.63. The van der Waals surface area contributed by atoms with Crippen molar-refractivity contribution in [2.45, 2.75) is 0 Å². The summed E-state index contributed by atoms with van der Waals surface area (Å²) < 4.78 is 114. The van der Waals surface area contributed by atoms with E-state index >= 15 is 0 Å². The maximum atomic E-state index is 9.24. The van der Waals surface area contributed by atoms with Crippen molar-refractivity contribution >= 4 is 32.3 Å². The van der Waals surface area contributed by atoms with Crippen LogP contribution in [0.15, 0.2) is 145 Å². The van der Waals surface area contributed by atoms with Crippen molar-refractivity contribution in [3.63, 3.8) is 0 Å². The van der Waals surface area contributed by atoms with E-state index in [4.69, 9.17) is 15.1 Å². The van der Waals surface area contributed by atoms with Gasteiger partial charge < -0.3 is 0 Å². The summed E-state index contributed by atoms with van der Waals surface area (Å²) in [6.45, 7) is 0. The lowest BCUT2D eigenvalue weighted by Gasteiger charge is -2.19. The van der Waals surface area contributed by atoms with Crippen LogP contribution in [0.3, 0.4) is 0 Å². The molecule has 0 aliphatic heterocycles. The summed E-state index contributed by atoms with van der Waals surface area (Å²) in [5.74, 6) is 0. The van der Waals surface area contributed by atoms with Crippen molar-refractivity contribution in [1.82, 2.24) is 0 Å². The molecule has 0 saturated carbocycles. The summed E-state index contributed by atoms with van der Waals surface area (Å²) in [4.78, 5) is 0. The zero-order valence-corrected chi connectivity index (χ0v) is 18.9. The first-order valence-corrected chi connectivity index (χ1v) is 11.4. The van der Waals surface area contributed by atoms with Crippen LogP contribution in [0.2, 0.25) is 0 Å². The minimum atomic E-state index is -0.704. The summed E-state index contributed by atoms with van der Waals surface area (Å²) in [7, 11) is 0. The molecule has 168 valence electrons. The molecule has 0 radical (unpaired) electrons. The molecular weight excluding hydrogens is 432 g/mol. The second kappa shape index (κ2) is 8.52. The van der Waals surface area contributed by atoms with Crippen molar-refractivity contribution < 1.29 is 17.8 Å². The van der Waals surface area contributed by atoms with Gasteiger partial charge in [-0.2, -0.15) is 0 Å². The topological polar surface area (TPSA) is 0 Å². The van der Waals surface area contributed by atoms with Gasteiger partial charge in [-0.3, -0.25) is 0 Å². The smallest absolute Gasteiger partial charge is 0.0622 e. The SMILES string of the molecule is [2H]c1c([2H])c([2H])c(-c2c3c([2H])c([2H])c([2H])c([2H])c3c(-c3cc(-c4ccccc4)cc4ccccc34)c3c([2H])c([2H])c([2H])c([2H])c23)c([2H])c1[2H]. The van der Waals surface area contributed by atoms with Crippen LogP contribution in [0.4, 0.5) is 0 Å². The molecular formula is C36H24. The van der Waals surface area contributed by atoms with Gasteiger partial charge in [0.2, 0.25) is 0 Å². The molecule has 0 nitrogen and oxygen atoms in total. The summed E-state index contributed by atoms with van der Waals surface area (Å²) in [5.41, 5.74) is 1.37. The van der Waals surface area contributed by atoms with Crippen LogP contribution < -0.4 is 0 Å². The van der Waals surface area contributed by atoms with Gasteiger partial charge in [0.05, 0.1) is 17.8 Å². The van der Waals surface area contributed by atoms with Gasteiger partial charge in [0.25, 0.3) is 0 Å². The largest absolute Gasteiger partial charge is 0.0629 e. The number of hydrogen-bond acceptors (Lipinski definition) is 0. The highest BCUT2D eigenvalue weighted by Gasteiger charge is 2.18. The van der Waals surface area contributed by atoms with Crippen molar-refractivity contribution in [3.8, 4) is 33.4 Å². The molecule has 0 atom stereocenters. The molecule has 0 aliphatic rings. The number of rotatable bonds is 3. The van der Waals surface area contributed by atoms with Crippen LogP contribution in [-0.4, -0.2) is 0 Å². The molecule has 7 aromatic carbocycles. The van der Waals surface area contributed by atoms with Crippen LogP contribution in [0.25, 0.3) is 65.7 Å². The van der Waals surface area contributed by atoms with E-state index in [1.807, 2.05) is 60.7 Å². The second-order valence-corrected chi connectivity index (χ2v) is 8.36. The predicted octanol–water partition coefficient (Wildman–Crippen LogP) is 10.1. The molecule has 7 aromatic rings. The Morgan fingerprint density at radius 2 is 0.944 bits per heavy atom. The molecule has 36 heavy (non-hydrogen) atoms.